The van der Waals surface area contributed by atoms with Gasteiger partial charge in [0.25, 0.3) is 5.91 Å². The molecule has 6 heteroatoms. The van der Waals surface area contributed by atoms with Gasteiger partial charge in [-0.3, -0.25) is 14.4 Å². The molecule has 0 bridgehead atoms. The van der Waals surface area contributed by atoms with Gasteiger partial charge in [-0.2, -0.15) is 0 Å². The smallest absolute Gasteiger partial charge is 0.251 e. The molecule has 0 aromatic heterocycles. The summed E-state index contributed by atoms with van der Waals surface area (Å²) in [6.45, 7) is 4.25. The molecular weight excluding hydrogens is 282 g/mol. The molecule has 0 saturated heterocycles. The topological polar surface area (TPSA) is 87.3 Å². The lowest BCUT2D eigenvalue weighted by atomic mass is 10.1. The Bertz CT molecular complexity index is 503. The fraction of sp³-hybridized carbons (Fsp3) is 0.438. The van der Waals surface area contributed by atoms with Crippen LogP contribution in [-0.4, -0.2) is 36.9 Å². The van der Waals surface area contributed by atoms with Crippen molar-refractivity contribution in [2.75, 3.05) is 13.1 Å². The zero-order valence-corrected chi connectivity index (χ0v) is 13.0. The maximum absolute atomic E-state index is 11.9. The quantitative estimate of drug-likeness (QED) is 0.665. The molecule has 1 aromatic rings. The van der Waals surface area contributed by atoms with Crippen LogP contribution >= 0.6 is 0 Å². The summed E-state index contributed by atoms with van der Waals surface area (Å²) in [6, 6.07) is 8.49. The van der Waals surface area contributed by atoms with E-state index < -0.39 is 0 Å². The Balaban J connectivity index is 2.29. The van der Waals surface area contributed by atoms with E-state index in [-0.39, 0.29) is 36.7 Å². The number of hydrogen-bond donors (Lipinski definition) is 3. The average Bonchev–Trinajstić information content (AvgIpc) is 2.51. The van der Waals surface area contributed by atoms with E-state index in [2.05, 4.69) is 16.0 Å². The summed E-state index contributed by atoms with van der Waals surface area (Å²) in [5, 5.41) is 7.95. The highest BCUT2D eigenvalue weighted by Gasteiger charge is 2.13. The number of amides is 3. The summed E-state index contributed by atoms with van der Waals surface area (Å²) in [5.41, 5.74) is 0.550. The van der Waals surface area contributed by atoms with E-state index in [4.69, 9.17) is 0 Å². The normalized spacial score (nSPS) is 11.4. The summed E-state index contributed by atoms with van der Waals surface area (Å²) in [6.07, 6.45) is 0.974. The summed E-state index contributed by atoms with van der Waals surface area (Å²) in [4.78, 5) is 35.0. The van der Waals surface area contributed by atoms with Gasteiger partial charge < -0.3 is 16.0 Å². The van der Waals surface area contributed by atoms with Crippen molar-refractivity contribution in [3.8, 4) is 0 Å². The molecular formula is C16H23N3O3. The first-order valence-electron chi connectivity index (χ1n) is 7.42. The number of rotatable bonds is 8. The maximum atomic E-state index is 11.9. The molecule has 0 aliphatic carbocycles. The highest BCUT2D eigenvalue weighted by Crippen LogP contribution is 2.00. The van der Waals surface area contributed by atoms with Crippen molar-refractivity contribution >= 4 is 17.7 Å². The predicted octanol–water partition coefficient (Wildman–Crippen LogP) is 0.837. The zero-order chi connectivity index (χ0) is 16.4. The van der Waals surface area contributed by atoms with Crippen LogP contribution in [0, 0.1) is 0 Å². The number of benzene rings is 1. The van der Waals surface area contributed by atoms with E-state index in [9.17, 15) is 14.4 Å². The minimum Gasteiger partial charge on any atom is -0.355 e. The van der Waals surface area contributed by atoms with Gasteiger partial charge in [0.05, 0.1) is 6.54 Å². The van der Waals surface area contributed by atoms with Crippen LogP contribution in [0.4, 0.5) is 0 Å². The molecule has 22 heavy (non-hydrogen) atoms. The second kappa shape index (κ2) is 9.55. The molecule has 6 nitrogen and oxygen atoms in total. The summed E-state index contributed by atoms with van der Waals surface area (Å²) >= 11 is 0. The second-order valence-electron chi connectivity index (χ2n) is 5.07. The van der Waals surface area contributed by atoms with Crippen molar-refractivity contribution in [1.82, 2.24) is 16.0 Å². The maximum Gasteiger partial charge on any atom is 0.251 e. The lowest BCUT2D eigenvalue weighted by molar-refractivity contribution is -0.126. The molecule has 0 spiro atoms. The van der Waals surface area contributed by atoms with E-state index in [0.29, 0.717) is 12.1 Å². The largest absolute Gasteiger partial charge is 0.355 e. The van der Waals surface area contributed by atoms with Gasteiger partial charge in [0.15, 0.2) is 0 Å². The summed E-state index contributed by atoms with van der Waals surface area (Å²) in [5.74, 6) is -0.703. The third-order valence-corrected chi connectivity index (χ3v) is 2.92. The van der Waals surface area contributed by atoms with Gasteiger partial charge >= 0.3 is 0 Å². The van der Waals surface area contributed by atoms with Gasteiger partial charge in [-0.25, -0.2) is 0 Å². The predicted molar refractivity (Wildman–Crippen MR) is 84.3 cm³/mol. The molecule has 3 amide bonds. The molecule has 1 atom stereocenters. The SMILES string of the molecule is CCCNC(=O)CNC(=O)CC(C)NC(=O)c1ccccc1. The van der Waals surface area contributed by atoms with Crippen molar-refractivity contribution < 1.29 is 14.4 Å². The van der Waals surface area contributed by atoms with E-state index in [1.165, 1.54) is 0 Å². The van der Waals surface area contributed by atoms with E-state index in [1.54, 1.807) is 31.2 Å². The zero-order valence-electron chi connectivity index (χ0n) is 13.0. The highest BCUT2D eigenvalue weighted by atomic mass is 16.2. The van der Waals surface area contributed by atoms with Crippen LogP contribution in [0.3, 0.4) is 0 Å². The van der Waals surface area contributed by atoms with Crippen LogP contribution in [0.5, 0.6) is 0 Å². The van der Waals surface area contributed by atoms with Crippen LogP contribution in [-0.2, 0) is 9.59 Å². The van der Waals surface area contributed by atoms with E-state index in [0.717, 1.165) is 6.42 Å². The van der Waals surface area contributed by atoms with Crippen LogP contribution in [0.25, 0.3) is 0 Å². The van der Waals surface area contributed by atoms with Crippen molar-refractivity contribution in [1.29, 1.82) is 0 Å². The number of carbonyl (C=O) groups excluding carboxylic acids is 3. The van der Waals surface area contributed by atoms with Gasteiger partial charge in [-0.05, 0) is 25.5 Å². The van der Waals surface area contributed by atoms with Gasteiger partial charge in [-0.15, -0.1) is 0 Å². The lowest BCUT2D eigenvalue weighted by Gasteiger charge is -2.14. The molecule has 120 valence electrons. The Labute approximate surface area is 130 Å². The van der Waals surface area contributed by atoms with Crippen LogP contribution in [0.15, 0.2) is 30.3 Å². The van der Waals surface area contributed by atoms with E-state index >= 15 is 0 Å². The van der Waals surface area contributed by atoms with Gasteiger partial charge in [0.1, 0.15) is 0 Å². The highest BCUT2D eigenvalue weighted by molar-refractivity contribution is 5.94. The molecule has 1 aromatic carbocycles. The number of nitrogens with one attached hydrogen (secondary N) is 3. The monoisotopic (exact) mass is 305 g/mol. The van der Waals surface area contributed by atoms with Gasteiger partial charge in [0.2, 0.25) is 11.8 Å². The first-order chi connectivity index (χ1) is 10.5. The fourth-order valence-electron chi connectivity index (χ4n) is 1.80. The summed E-state index contributed by atoms with van der Waals surface area (Å²) < 4.78 is 0. The van der Waals surface area contributed by atoms with Crippen molar-refractivity contribution in [3.05, 3.63) is 35.9 Å². The number of carbonyl (C=O) groups is 3. The lowest BCUT2D eigenvalue weighted by Crippen LogP contribution is -2.41. The van der Waals surface area contributed by atoms with Gasteiger partial charge in [0, 0.05) is 24.6 Å². The van der Waals surface area contributed by atoms with E-state index in [1.807, 2.05) is 13.0 Å². The Morgan fingerprint density at radius 2 is 1.73 bits per heavy atom. The van der Waals surface area contributed by atoms with Crippen molar-refractivity contribution in [2.45, 2.75) is 32.7 Å². The minimum atomic E-state index is -0.314. The number of hydrogen-bond acceptors (Lipinski definition) is 3. The molecule has 0 radical (unpaired) electrons. The Morgan fingerprint density at radius 1 is 1.05 bits per heavy atom. The minimum absolute atomic E-state index is 0.0435. The Kier molecular flexibility index (Phi) is 7.67. The third-order valence-electron chi connectivity index (χ3n) is 2.92. The second-order valence-corrected chi connectivity index (χ2v) is 5.07. The van der Waals surface area contributed by atoms with Crippen molar-refractivity contribution in [2.24, 2.45) is 0 Å². The molecule has 0 saturated carbocycles. The standard InChI is InChI=1S/C16H23N3O3/c1-3-9-17-15(21)11-18-14(20)10-12(2)19-16(22)13-7-5-4-6-8-13/h4-8,12H,3,9-11H2,1-2H3,(H,17,21)(H,18,20)(H,19,22). The molecule has 0 aliphatic heterocycles. The van der Waals surface area contributed by atoms with Crippen LogP contribution < -0.4 is 16.0 Å². The molecule has 0 heterocycles. The Hall–Kier alpha value is -2.37. The molecule has 1 unspecified atom stereocenters. The Morgan fingerprint density at radius 3 is 2.36 bits per heavy atom. The van der Waals surface area contributed by atoms with Gasteiger partial charge in [-0.1, -0.05) is 25.1 Å². The molecule has 3 N–H and O–H groups in total. The molecule has 1 rings (SSSR count). The molecule has 0 aliphatic rings. The average molecular weight is 305 g/mol. The fourth-order valence-corrected chi connectivity index (χ4v) is 1.80. The van der Waals surface area contributed by atoms with Crippen molar-refractivity contribution in [3.63, 3.8) is 0 Å². The first-order valence-corrected chi connectivity index (χ1v) is 7.42. The molecule has 0 fully saturated rings. The van der Waals surface area contributed by atoms with Crippen LogP contribution in [0.2, 0.25) is 0 Å². The summed E-state index contributed by atoms with van der Waals surface area (Å²) in [7, 11) is 0. The van der Waals surface area contributed by atoms with Crippen LogP contribution in [0.1, 0.15) is 37.0 Å². The third kappa shape index (κ3) is 6.88. The first kappa shape index (κ1) is 17.7.